The van der Waals surface area contributed by atoms with E-state index in [4.69, 9.17) is 4.74 Å². The van der Waals surface area contributed by atoms with Gasteiger partial charge < -0.3 is 9.84 Å². The Hall–Kier alpha value is -2.80. The molecule has 0 aliphatic heterocycles. The number of esters is 1. The summed E-state index contributed by atoms with van der Waals surface area (Å²) in [5, 5.41) is 18.4. The Morgan fingerprint density at radius 1 is 1.28 bits per heavy atom. The van der Waals surface area contributed by atoms with E-state index >= 15 is 0 Å². The third-order valence-electron chi connectivity index (χ3n) is 5.61. The van der Waals surface area contributed by atoms with Crippen LogP contribution >= 0.6 is 0 Å². The average Bonchev–Trinajstić information content (AvgIpc) is 3.46. The van der Waals surface area contributed by atoms with Crippen molar-refractivity contribution in [3.05, 3.63) is 52.3 Å². The Morgan fingerprint density at radius 2 is 2.07 bits per heavy atom. The fraction of sp³-hybridized carbons (Fsp3) is 0.455. The molecule has 2 aromatic heterocycles. The molecule has 0 saturated heterocycles. The normalized spacial score (nSPS) is 14.9. The molecular formula is C22H26N4O3. The number of aromatic nitrogens is 4. The van der Waals surface area contributed by atoms with Crippen LogP contribution < -0.4 is 0 Å². The molecule has 1 saturated carbocycles. The molecule has 0 amide bonds. The fourth-order valence-electron chi connectivity index (χ4n) is 3.82. The molecule has 0 bridgehead atoms. The molecule has 7 heteroatoms. The second-order valence-electron chi connectivity index (χ2n) is 7.63. The number of ether oxygens (including phenoxy) is 1. The van der Waals surface area contributed by atoms with Crippen LogP contribution in [0.5, 0.6) is 0 Å². The molecule has 1 aliphatic rings. The summed E-state index contributed by atoms with van der Waals surface area (Å²) in [7, 11) is 0. The quantitative estimate of drug-likeness (QED) is 0.618. The molecule has 152 valence electrons. The van der Waals surface area contributed by atoms with Gasteiger partial charge in [-0.15, -0.1) is 5.10 Å². The Kier molecular flexibility index (Phi) is 5.32. The fourth-order valence-corrected chi connectivity index (χ4v) is 3.82. The van der Waals surface area contributed by atoms with Gasteiger partial charge in [0, 0.05) is 11.6 Å². The molecule has 0 spiro atoms. The number of pyridine rings is 1. The lowest BCUT2D eigenvalue weighted by molar-refractivity contribution is -0.143. The Bertz CT molecular complexity index is 1060. The van der Waals surface area contributed by atoms with E-state index in [1.54, 1.807) is 6.92 Å². The third-order valence-corrected chi connectivity index (χ3v) is 5.61. The van der Waals surface area contributed by atoms with Crippen molar-refractivity contribution in [3.63, 3.8) is 0 Å². The van der Waals surface area contributed by atoms with Crippen molar-refractivity contribution in [2.24, 2.45) is 0 Å². The minimum Gasteiger partial charge on any atom is -0.466 e. The van der Waals surface area contributed by atoms with Crippen LogP contribution in [0.3, 0.4) is 0 Å². The van der Waals surface area contributed by atoms with Crippen molar-refractivity contribution in [1.29, 1.82) is 0 Å². The molecule has 1 atom stereocenters. The summed E-state index contributed by atoms with van der Waals surface area (Å²) in [5.41, 5.74) is 6.14. The second-order valence-corrected chi connectivity index (χ2v) is 7.63. The molecule has 1 unspecified atom stereocenters. The summed E-state index contributed by atoms with van der Waals surface area (Å²) in [6.07, 6.45) is 2.46. The number of benzene rings is 1. The zero-order valence-corrected chi connectivity index (χ0v) is 17.1. The molecule has 4 rings (SSSR count). The molecule has 0 radical (unpaired) electrons. The topological polar surface area (TPSA) is 90.1 Å². The highest BCUT2D eigenvalue weighted by Crippen LogP contribution is 2.38. The van der Waals surface area contributed by atoms with Gasteiger partial charge in [0.15, 0.2) is 0 Å². The molecule has 7 nitrogen and oxygen atoms in total. The van der Waals surface area contributed by atoms with Crippen LogP contribution in [-0.4, -0.2) is 37.7 Å². The van der Waals surface area contributed by atoms with Crippen LogP contribution in [0.4, 0.5) is 0 Å². The summed E-state index contributed by atoms with van der Waals surface area (Å²) in [5.74, 6) is -0.554. The lowest BCUT2D eigenvalue weighted by Crippen LogP contribution is -2.15. The van der Waals surface area contributed by atoms with Gasteiger partial charge in [0.05, 0.1) is 36.9 Å². The SMILES string of the molecule is CCOC(=O)CC(c1ccc(C)c(CO)n1)c1ccc2c(nnn2C2CC2)c1C. The highest BCUT2D eigenvalue weighted by Gasteiger charge is 2.29. The summed E-state index contributed by atoms with van der Waals surface area (Å²) in [6, 6.07) is 8.39. The predicted octanol–water partition coefficient (Wildman–Crippen LogP) is 3.36. The third kappa shape index (κ3) is 3.74. The van der Waals surface area contributed by atoms with Gasteiger partial charge in [0.1, 0.15) is 5.52 Å². The first-order chi connectivity index (χ1) is 14.0. The van der Waals surface area contributed by atoms with E-state index in [0.717, 1.165) is 46.3 Å². The Morgan fingerprint density at radius 3 is 2.76 bits per heavy atom. The molecule has 1 aromatic carbocycles. The minimum absolute atomic E-state index is 0.139. The smallest absolute Gasteiger partial charge is 0.306 e. The van der Waals surface area contributed by atoms with Crippen molar-refractivity contribution in [2.75, 3.05) is 6.61 Å². The van der Waals surface area contributed by atoms with Crippen LogP contribution in [-0.2, 0) is 16.1 Å². The Balaban J connectivity index is 1.80. The predicted molar refractivity (Wildman–Crippen MR) is 109 cm³/mol. The first-order valence-corrected chi connectivity index (χ1v) is 10.1. The maximum absolute atomic E-state index is 12.4. The number of carbonyl (C=O) groups excluding carboxylic acids is 1. The summed E-state index contributed by atoms with van der Waals surface area (Å²) in [4.78, 5) is 17.0. The van der Waals surface area contributed by atoms with E-state index in [1.807, 2.05) is 42.8 Å². The Labute approximate surface area is 169 Å². The van der Waals surface area contributed by atoms with Gasteiger partial charge >= 0.3 is 5.97 Å². The van der Waals surface area contributed by atoms with Crippen molar-refractivity contribution < 1.29 is 14.6 Å². The number of rotatable bonds is 7. The van der Waals surface area contributed by atoms with Crippen LogP contribution in [0.1, 0.15) is 66.2 Å². The van der Waals surface area contributed by atoms with Gasteiger partial charge in [0.2, 0.25) is 0 Å². The second kappa shape index (κ2) is 7.91. The highest BCUT2D eigenvalue weighted by molar-refractivity contribution is 5.80. The zero-order chi connectivity index (χ0) is 20.5. The van der Waals surface area contributed by atoms with Gasteiger partial charge in [0.25, 0.3) is 0 Å². The first kappa shape index (κ1) is 19.5. The van der Waals surface area contributed by atoms with E-state index < -0.39 is 0 Å². The molecule has 1 fully saturated rings. The maximum atomic E-state index is 12.4. The largest absolute Gasteiger partial charge is 0.466 e. The van der Waals surface area contributed by atoms with Crippen LogP contribution in [0, 0.1) is 13.8 Å². The van der Waals surface area contributed by atoms with E-state index in [1.165, 1.54) is 0 Å². The van der Waals surface area contributed by atoms with Gasteiger partial charge in [-0.2, -0.15) is 0 Å². The number of hydrogen-bond acceptors (Lipinski definition) is 6. The number of nitrogens with zero attached hydrogens (tertiary/aromatic N) is 4. The number of fused-ring (bicyclic) bond motifs is 1. The summed E-state index contributed by atoms with van der Waals surface area (Å²) < 4.78 is 7.22. The lowest BCUT2D eigenvalue weighted by Gasteiger charge is -2.20. The van der Waals surface area contributed by atoms with E-state index in [0.29, 0.717) is 18.3 Å². The number of aliphatic hydroxyl groups is 1. The molecule has 3 aromatic rings. The van der Waals surface area contributed by atoms with Crippen LogP contribution in [0.25, 0.3) is 11.0 Å². The number of aliphatic hydroxyl groups excluding tert-OH is 1. The van der Waals surface area contributed by atoms with Gasteiger partial charge in [-0.25, -0.2) is 4.68 Å². The van der Waals surface area contributed by atoms with E-state index in [-0.39, 0.29) is 24.9 Å². The molecule has 1 aliphatic carbocycles. The molecule has 1 N–H and O–H groups in total. The zero-order valence-electron chi connectivity index (χ0n) is 17.1. The maximum Gasteiger partial charge on any atom is 0.306 e. The van der Waals surface area contributed by atoms with Crippen molar-refractivity contribution in [3.8, 4) is 0 Å². The van der Waals surface area contributed by atoms with Gasteiger partial charge in [-0.05, 0) is 62.4 Å². The molecular weight excluding hydrogens is 368 g/mol. The highest BCUT2D eigenvalue weighted by atomic mass is 16.5. The first-order valence-electron chi connectivity index (χ1n) is 10.1. The minimum atomic E-state index is -0.282. The number of carbonyl (C=O) groups is 1. The van der Waals surface area contributed by atoms with E-state index in [2.05, 4.69) is 15.3 Å². The monoisotopic (exact) mass is 394 g/mol. The van der Waals surface area contributed by atoms with Crippen LogP contribution in [0.15, 0.2) is 24.3 Å². The molecule has 2 heterocycles. The van der Waals surface area contributed by atoms with Crippen molar-refractivity contribution in [2.45, 2.75) is 58.6 Å². The van der Waals surface area contributed by atoms with Crippen molar-refractivity contribution in [1.82, 2.24) is 20.0 Å². The molecule has 29 heavy (non-hydrogen) atoms. The average molecular weight is 394 g/mol. The van der Waals surface area contributed by atoms with Crippen LogP contribution in [0.2, 0.25) is 0 Å². The van der Waals surface area contributed by atoms with E-state index in [9.17, 15) is 9.90 Å². The standard InChI is InChI=1S/C22H26N4O3/c1-4-29-21(28)11-17(18-9-5-13(2)19(12-27)23-18)16-8-10-20-22(14(16)3)24-25-26(20)15-6-7-15/h5,8-10,15,17,27H,4,6-7,11-12H2,1-3H3. The van der Waals surface area contributed by atoms with Gasteiger partial charge in [-0.3, -0.25) is 9.78 Å². The van der Waals surface area contributed by atoms with Crippen molar-refractivity contribution >= 4 is 17.0 Å². The summed E-state index contributed by atoms with van der Waals surface area (Å²) >= 11 is 0. The van der Waals surface area contributed by atoms with Gasteiger partial charge in [-0.1, -0.05) is 17.3 Å². The number of hydrogen-bond donors (Lipinski definition) is 1. The lowest BCUT2D eigenvalue weighted by atomic mass is 9.88. The number of aryl methyl sites for hydroxylation is 2. The summed E-state index contributed by atoms with van der Waals surface area (Å²) in [6.45, 7) is 5.93.